The van der Waals surface area contributed by atoms with E-state index in [0.29, 0.717) is 5.69 Å². The van der Waals surface area contributed by atoms with Gasteiger partial charge in [-0.2, -0.15) is 0 Å². The molecule has 0 aliphatic carbocycles. The Labute approximate surface area is 121 Å². The third-order valence-corrected chi connectivity index (χ3v) is 4.13. The number of benzene rings is 1. The molecule has 0 bridgehead atoms. The molecule has 0 aliphatic heterocycles. The lowest BCUT2D eigenvalue weighted by Gasteiger charge is -2.04. The summed E-state index contributed by atoms with van der Waals surface area (Å²) in [7, 11) is 2.04. The van der Waals surface area contributed by atoms with Crippen LogP contribution in [-0.2, 0) is 7.05 Å². The van der Waals surface area contributed by atoms with Gasteiger partial charge in [-0.3, -0.25) is 0 Å². The molecule has 0 saturated heterocycles. The van der Waals surface area contributed by atoms with E-state index in [1.807, 2.05) is 25.2 Å². The fourth-order valence-corrected chi connectivity index (χ4v) is 2.65. The van der Waals surface area contributed by atoms with Crippen molar-refractivity contribution in [3.8, 4) is 5.69 Å². The Hall–Kier alpha value is -2.63. The maximum absolute atomic E-state index is 11.1. The second kappa shape index (κ2) is 4.44. The Morgan fingerprint density at radius 2 is 1.90 bits per heavy atom. The summed E-state index contributed by atoms with van der Waals surface area (Å²) >= 11 is 0. The van der Waals surface area contributed by atoms with Gasteiger partial charge in [0.2, 0.25) is 0 Å². The quantitative estimate of drug-likeness (QED) is 0.784. The maximum Gasteiger partial charge on any atom is 0.358 e. The first kappa shape index (κ1) is 13.4. The summed E-state index contributed by atoms with van der Waals surface area (Å²) in [5.41, 5.74) is 4.89. The molecule has 2 heterocycles. The average molecular weight is 284 g/mol. The standard InChI is InChI=1S/C15H16N4O2/c1-8-9(2)18(4)13-6-5-11(7-12(8)13)19-10(3)14(15(20)21)16-17-19/h5-7H,1-4H3,(H,20,21). The normalized spacial score (nSPS) is 11.2. The minimum absolute atomic E-state index is 0.0175. The molecule has 0 amide bonds. The van der Waals surface area contributed by atoms with Crippen LogP contribution in [0.25, 0.3) is 16.6 Å². The van der Waals surface area contributed by atoms with Crippen molar-refractivity contribution in [1.29, 1.82) is 0 Å². The number of carboxylic acid groups (broad SMARTS) is 1. The minimum atomic E-state index is -1.06. The van der Waals surface area contributed by atoms with E-state index in [2.05, 4.69) is 28.7 Å². The van der Waals surface area contributed by atoms with Crippen molar-refractivity contribution in [1.82, 2.24) is 19.6 Å². The molecule has 21 heavy (non-hydrogen) atoms. The van der Waals surface area contributed by atoms with Gasteiger partial charge >= 0.3 is 5.97 Å². The number of aromatic nitrogens is 4. The van der Waals surface area contributed by atoms with Crippen LogP contribution in [0.4, 0.5) is 0 Å². The summed E-state index contributed by atoms with van der Waals surface area (Å²) in [5, 5.41) is 17.9. The predicted molar refractivity (Wildman–Crippen MR) is 79.0 cm³/mol. The lowest BCUT2D eigenvalue weighted by molar-refractivity contribution is 0.0689. The molecule has 3 aromatic rings. The summed E-state index contributed by atoms with van der Waals surface area (Å²) in [6, 6.07) is 5.96. The molecule has 3 rings (SSSR count). The molecule has 0 fully saturated rings. The van der Waals surface area contributed by atoms with Gasteiger partial charge in [-0.1, -0.05) is 5.21 Å². The van der Waals surface area contributed by atoms with E-state index < -0.39 is 5.97 Å². The van der Waals surface area contributed by atoms with Gasteiger partial charge in [0.25, 0.3) is 0 Å². The highest BCUT2D eigenvalue weighted by Gasteiger charge is 2.17. The number of carbonyl (C=O) groups is 1. The monoisotopic (exact) mass is 284 g/mol. The number of fused-ring (bicyclic) bond motifs is 1. The summed E-state index contributed by atoms with van der Waals surface area (Å²) in [6.07, 6.45) is 0. The first-order valence-corrected chi connectivity index (χ1v) is 6.63. The number of nitrogens with zero attached hydrogens (tertiary/aromatic N) is 4. The SMILES string of the molecule is Cc1c(C)n(C)c2ccc(-n3nnc(C(=O)O)c3C)cc12. The van der Waals surface area contributed by atoms with Gasteiger partial charge in [0.05, 0.1) is 11.4 Å². The van der Waals surface area contributed by atoms with Crippen LogP contribution < -0.4 is 0 Å². The third kappa shape index (κ3) is 1.83. The molecule has 0 unspecified atom stereocenters. The van der Waals surface area contributed by atoms with Gasteiger partial charge in [-0.15, -0.1) is 5.10 Å². The number of aryl methyl sites for hydroxylation is 2. The number of hydrogen-bond donors (Lipinski definition) is 1. The van der Waals surface area contributed by atoms with Crippen molar-refractivity contribution < 1.29 is 9.90 Å². The molecular formula is C15H16N4O2. The lowest BCUT2D eigenvalue weighted by Crippen LogP contribution is -2.02. The number of hydrogen-bond acceptors (Lipinski definition) is 3. The number of aromatic carboxylic acids is 1. The molecule has 0 spiro atoms. The second-order valence-electron chi connectivity index (χ2n) is 5.21. The topological polar surface area (TPSA) is 72.9 Å². The molecule has 0 saturated carbocycles. The Bertz CT molecular complexity index is 874. The summed E-state index contributed by atoms with van der Waals surface area (Å²) in [4.78, 5) is 11.1. The highest BCUT2D eigenvalue weighted by atomic mass is 16.4. The van der Waals surface area contributed by atoms with Crippen LogP contribution in [-0.4, -0.2) is 30.6 Å². The van der Waals surface area contributed by atoms with E-state index in [9.17, 15) is 4.79 Å². The molecule has 1 N–H and O–H groups in total. The van der Waals surface area contributed by atoms with Crippen LogP contribution in [0.15, 0.2) is 18.2 Å². The molecule has 6 nitrogen and oxygen atoms in total. The van der Waals surface area contributed by atoms with E-state index >= 15 is 0 Å². The number of rotatable bonds is 2. The molecule has 0 aliphatic rings. The van der Waals surface area contributed by atoms with Crippen LogP contribution in [0.1, 0.15) is 27.4 Å². The van der Waals surface area contributed by atoms with Crippen molar-refractivity contribution in [2.75, 3.05) is 0 Å². The Morgan fingerprint density at radius 3 is 2.52 bits per heavy atom. The Morgan fingerprint density at radius 1 is 1.19 bits per heavy atom. The van der Waals surface area contributed by atoms with E-state index in [0.717, 1.165) is 16.6 Å². The molecule has 108 valence electrons. The molecule has 2 aromatic heterocycles. The summed E-state index contributed by atoms with van der Waals surface area (Å²) in [6.45, 7) is 5.87. The first-order valence-electron chi connectivity index (χ1n) is 6.63. The van der Waals surface area contributed by atoms with Crippen LogP contribution in [0.3, 0.4) is 0 Å². The van der Waals surface area contributed by atoms with E-state index in [-0.39, 0.29) is 5.69 Å². The van der Waals surface area contributed by atoms with Gasteiger partial charge in [0.15, 0.2) is 5.69 Å². The van der Waals surface area contributed by atoms with Gasteiger partial charge in [-0.25, -0.2) is 9.48 Å². The molecule has 0 radical (unpaired) electrons. The van der Waals surface area contributed by atoms with Crippen molar-refractivity contribution >= 4 is 16.9 Å². The van der Waals surface area contributed by atoms with Gasteiger partial charge in [-0.05, 0) is 44.5 Å². The Balaban J connectivity index is 2.22. The third-order valence-electron chi connectivity index (χ3n) is 4.13. The van der Waals surface area contributed by atoms with Crippen LogP contribution in [0, 0.1) is 20.8 Å². The second-order valence-corrected chi connectivity index (χ2v) is 5.21. The van der Waals surface area contributed by atoms with Gasteiger partial charge in [0, 0.05) is 23.6 Å². The molecule has 0 atom stereocenters. The average Bonchev–Trinajstić information content (AvgIpc) is 2.94. The fraction of sp³-hybridized carbons (Fsp3) is 0.267. The minimum Gasteiger partial charge on any atom is -0.476 e. The van der Waals surface area contributed by atoms with Crippen LogP contribution in [0.5, 0.6) is 0 Å². The first-order chi connectivity index (χ1) is 9.91. The smallest absolute Gasteiger partial charge is 0.358 e. The van der Waals surface area contributed by atoms with Crippen LogP contribution in [0.2, 0.25) is 0 Å². The molecule has 6 heteroatoms. The summed E-state index contributed by atoms with van der Waals surface area (Å²) in [5.74, 6) is -1.06. The van der Waals surface area contributed by atoms with E-state index in [1.165, 1.54) is 11.3 Å². The van der Waals surface area contributed by atoms with Crippen molar-refractivity contribution in [3.63, 3.8) is 0 Å². The Kier molecular flexibility index (Phi) is 2.83. The van der Waals surface area contributed by atoms with E-state index in [1.54, 1.807) is 11.6 Å². The predicted octanol–water partition coefficient (Wildman–Crippen LogP) is 2.38. The van der Waals surface area contributed by atoms with Crippen molar-refractivity contribution in [2.45, 2.75) is 20.8 Å². The van der Waals surface area contributed by atoms with E-state index in [4.69, 9.17) is 5.11 Å². The van der Waals surface area contributed by atoms with Crippen molar-refractivity contribution in [3.05, 3.63) is 40.8 Å². The zero-order valence-electron chi connectivity index (χ0n) is 12.4. The van der Waals surface area contributed by atoms with Crippen molar-refractivity contribution in [2.24, 2.45) is 7.05 Å². The fourth-order valence-electron chi connectivity index (χ4n) is 2.65. The highest BCUT2D eigenvalue weighted by Crippen LogP contribution is 2.26. The number of carboxylic acids is 1. The van der Waals surface area contributed by atoms with Gasteiger partial charge < -0.3 is 9.67 Å². The maximum atomic E-state index is 11.1. The molecule has 1 aromatic carbocycles. The lowest BCUT2D eigenvalue weighted by atomic mass is 10.1. The molecular weight excluding hydrogens is 268 g/mol. The summed E-state index contributed by atoms with van der Waals surface area (Å²) < 4.78 is 3.70. The largest absolute Gasteiger partial charge is 0.476 e. The highest BCUT2D eigenvalue weighted by molar-refractivity contribution is 5.88. The zero-order chi connectivity index (χ0) is 15.3. The zero-order valence-corrected chi connectivity index (χ0v) is 12.4. The van der Waals surface area contributed by atoms with Crippen LogP contribution >= 0.6 is 0 Å². The van der Waals surface area contributed by atoms with Gasteiger partial charge in [0.1, 0.15) is 0 Å².